The molecule has 0 amide bonds. The fourth-order valence-electron chi connectivity index (χ4n) is 4.45. The van der Waals surface area contributed by atoms with Crippen LogP contribution in [0.5, 0.6) is 0 Å². The van der Waals surface area contributed by atoms with E-state index in [-0.39, 0.29) is 0 Å². The predicted molar refractivity (Wildman–Crippen MR) is 110 cm³/mol. The third kappa shape index (κ3) is 5.43. The lowest BCUT2D eigenvalue weighted by molar-refractivity contribution is -0.138. The monoisotopic (exact) mass is 365 g/mol. The zero-order valence-corrected chi connectivity index (χ0v) is 16.3. The molecule has 144 valence electrons. The van der Waals surface area contributed by atoms with Crippen molar-refractivity contribution in [3.8, 4) is 0 Å². The number of rotatable bonds is 9. The van der Waals surface area contributed by atoms with Gasteiger partial charge in [0.25, 0.3) is 0 Å². The molecule has 0 aromatic heterocycles. The van der Waals surface area contributed by atoms with Gasteiger partial charge in [-0.25, -0.2) is 0 Å². The number of nitrogens with zero attached hydrogens (tertiary/aromatic N) is 1. The van der Waals surface area contributed by atoms with Crippen LogP contribution >= 0.6 is 0 Å². The summed E-state index contributed by atoms with van der Waals surface area (Å²) in [6, 6.07) is 22.0. The number of aliphatic carboxylic acids is 1. The van der Waals surface area contributed by atoms with Crippen molar-refractivity contribution in [2.45, 2.75) is 51.0 Å². The Morgan fingerprint density at radius 3 is 2.19 bits per heavy atom. The summed E-state index contributed by atoms with van der Waals surface area (Å²) in [7, 11) is 0. The van der Waals surface area contributed by atoms with Crippen molar-refractivity contribution in [3.63, 3.8) is 0 Å². The lowest BCUT2D eigenvalue weighted by Crippen LogP contribution is -2.31. The molecule has 0 spiro atoms. The summed E-state index contributed by atoms with van der Waals surface area (Å²) in [6.07, 6.45) is 4.82. The largest absolute Gasteiger partial charge is 0.481 e. The SMILES string of the molecule is CC1C(CC(=O)O)CCN1CCCCC(c1ccccc1)c1ccccc1. The molecule has 3 nitrogen and oxygen atoms in total. The Morgan fingerprint density at radius 1 is 1.04 bits per heavy atom. The molecule has 0 aliphatic carbocycles. The Morgan fingerprint density at radius 2 is 1.63 bits per heavy atom. The average Bonchev–Trinajstić information content (AvgIpc) is 3.02. The van der Waals surface area contributed by atoms with E-state index in [0.29, 0.717) is 24.3 Å². The maximum atomic E-state index is 11.0. The van der Waals surface area contributed by atoms with Crippen molar-refractivity contribution in [2.24, 2.45) is 5.92 Å². The second-order valence-electron chi connectivity index (χ2n) is 7.79. The molecule has 0 radical (unpaired) electrons. The second kappa shape index (κ2) is 9.70. The van der Waals surface area contributed by atoms with E-state index in [0.717, 1.165) is 25.9 Å². The molecular formula is C24H31NO2. The van der Waals surface area contributed by atoms with Gasteiger partial charge in [0.05, 0.1) is 0 Å². The number of unbranched alkanes of at least 4 members (excludes halogenated alkanes) is 1. The average molecular weight is 366 g/mol. The predicted octanol–water partition coefficient (Wildman–Crippen LogP) is 5.17. The van der Waals surface area contributed by atoms with Gasteiger partial charge in [-0.2, -0.15) is 0 Å². The minimum atomic E-state index is -0.665. The molecule has 1 fully saturated rings. The fraction of sp³-hybridized carbons (Fsp3) is 0.458. The van der Waals surface area contributed by atoms with Gasteiger partial charge in [-0.3, -0.25) is 4.79 Å². The number of hydrogen-bond acceptors (Lipinski definition) is 2. The van der Waals surface area contributed by atoms with Gasteiger partial charge in [0, 0.05) is 18.4 Å². The van der Waals surface area contributed by atoms with Crippen LogP contribution in [0.2, 0.25) is 0 Å². The molecule has 1 N–H and O–H groups in total. The summed E-state index contributed by atoms with van der Waals surface area (Å²) in [5.41, 5.74) is 2.78. The highest BCUT2D eigenvalue weighted by Crippen LogP contribution is 2.31. The van der Waals surface area contributed by atoms with E-state index in [2.05, 4.69) is 72.5 Å². The third-order valence-corrected chi connectivity index (χ3v) is 6.07. The molecule has 2 atom stereocenters. The maximum absolute atomic E-state index is 11.0. The van der Waals surface area contributed by atoms with Crippen LogP contribution in [0.4, 0.5) is 0 Å². The number of carboxylic acid groups (broad SMARTS) is 1. The van der Waals surface area contributed by atoms with Crippen molar-refractivity contribution in [1.29, 1.82) is 0 Å². The van der Waals surface area contributed by atoms with Crippen LogP contribution in [-0.2, 0) is 4.79 Å². The van der Waals surface area contributed by atoms with E-state index in [1.54, 1.807) is 0 Å². The van der Waals surface area contributed by atoms with E-state index in [9.17, 15) is 4.79 Å². The Bertz CT molecular complexity index is 661. The quantitative estimate of drug-likeness (QED) is 0.623. The van der Waals surface area contributed by atoms with Crippen LogP contribution < -0.4 is 0 Å². The molecule has 0 saturated carbocycles. The van der Waals surface area contributed by atoms with E-state index >= 15 is 0 Å². The van der Waals surface area contributed by atoms with Gasteiger partial charge in [0.2, 0.25) is 0 Å². The van der Waals surface area contributed by atoms with Gasteiger partial charge in [0.15, 0.2) is 0 Å². The number of hydrogen-bond donors (Lipinski definition) is 1. The van der Waals surface area contributed by atoms with Crippen LogP contribution in [0.1, 0.15) is 56.1 Å². The van der Waals surface area contributed by atoms with Gasteiger partial charge < -0.3 is 10.0 Å². The molecule has 3 heteroatoms. The highest BCUT2D eigenvalue weighted by atomic mass is 16.4. The first-order valence-corrected chi connectivity index (χ1v) is 10.2. The van der Waals surface area contributed by atoms with Crippen molar-refractivity contribution >= 4 is 5.97 Å². The van der Waals surface area contributed by atoms with Gasteiger partial charge >= 0.3 is 5.97 Å². The number of carboxylic acids is 1. The second-order valence-corrected chi connectivity index (χ2v) is 7.79. The summed E-state index contributed by atoms with van der Waals surface area (Å²) >= 11 is 0. The first-order chi connectivity index (χ1) is 13.1. The summed E-state index contributed by atoms with van der Waals surface area (Å²) in [5, 5.41) is 9.05. The van der Waals surface area contributed by atoms with Gasteiger partial charge in [-0.05, 0) is 56.3 Å². The zero-order chi connectivity index (χ0) is 19.1. The molecule has 1 aliphatic rings. The minimum Gasteiger partial charge on any atom is -0.481 e. The first-order valence-electron chi connectivity index (χ1n) is 10.2. The van der Waals surface area contributed by atoms with E-state index in [1.165, 1.54) is 24.0 Å². The van der Waals surface area contributed by atoms with E-state index in [1.807, 2.05) is 0 Å². The van der Waals surface area contributed by atoms with Gasteiger partial charge in [0.1, 0.15) is 0 Å². The highest BCUT2D eigenvalue weighted by Gasteiger charge is 2.31. The molecule has 2 aromatic rings. The van der Waals surface area contributed by atoms with E-state index in [4.69, 9.17) is 5.11 Å². The highest BCUT2D eigenvalue weighted by molar-refractivity contribution is 5.67. The molecule has 0 bridgehead atoms. The van der Waals surface area contributed by atoms with Gasteiger partial charge in [-0.1, -0.05) is 67.1 Å². The normalized spacial score (nSPS) is 20.2. The molecule has 1 saturated heterocycles. The molecular weight excluding hydrogens is 334 g/mol. The van der Waals surface area contributed by atoms with Gasteiger partial charge in [-0.15, -0.1) is 0 Å². The summed E-state index contributed by atoms with van der Waals surface area (Å²) in [6.45, 7) is 4.31. The molecule has 2 aromatic carbocycles. The van der Waals surface area contributed by atoms with Crippen LogP contribution in [-0.4, -0.2) is 35.1 Å². The van der Waals surface area contributed by atoms with Crippen molar-refractivity contribution in [2.75, 3.05) is 13.1 Å². The van der Waals surface area contributed by atoms with Crippen LogP contribution in [0.15, 0.2) is 60.7 Å². The number of benzene rings is 2. The lowest BCUT2D eigenvalue weighted by atomic mass is 9.87. The molecule has 1 aliphatic heterocycles. The van der Waals surface area contributed by atoms with Crippen LogP contribution in [0, 0.1) is 5.92 Å². The Balaban J connectivity index is 1.52. The van der Waals surface area contributed by atoms with Crippen LogP contribution in [0.3, 0.4) is 0 Å². The Hall–Kier alpha value is -2.13. The van der Waals surface area contributed by atoms with Crippen molar-refractivity contribution in [1.82, 2.24) is 4.90 Å². The topological polar surface area (TPSA) is 40.5 Å². The molecule has 27 heavy (non-hydrogen) atoms. The summed E-state index contributed by atoms with van der Waals surface area (Å²) < 4.78 is 0. The number of likely N-dealkylation sites (tertiary alicyclic amines) is 1. The number of carbonyl (C=O) groups is 1. The minimum absolute atomic E-state index is 0.307. The third-order valence-electron chi connectivity index (χ3n) is 6.07. The lowest BCUT2D eigenvalue weighted by Gasteiger charge is -2.24. The Labute approximate surface area is 163 Å². The summed E-state index contributed by atoms with van der Waals surface area (Å²) in [5.74, 6) is 0.0920. The standard InChI is InChI=1S/C24H31NO2/c1-19-22(18-24(26)27)15-17-25(19)16-9-8-14-23(20-10-4-2-5-11-20)21-12-6-3-7-13-21/h2-7,10-13,19,22-23H,8-9,14-18H2,1H3,(H,26,27). The zero-order valence-electron chi connectivity index (χ0n) is 16.3. The van der Waals surface area contributed by atoms with Crippen molar-refractivity contribution in [3.05, 3.63) is 71.8 Å². The fourth-order valence-corrected chi connectivity index (χ4v) is 4.45. The molecule has 1 heterocycles. The first kappa shape index (κ1) is 19.6. The summed E-state index contributed by atoms with van der Waals surface area (Å²) in [4.78, 5) is 13.5. The Kier molecular flexibility index (Phi) is 7.05. The van der Waals surface area contributed by atoms with Crippen LogP contribution in [0.25, 0.3) is 0 Å². The molecule has 2 unspecified atom stereocenters. The molecule has 3 rings (SSSR count). The smallest absolute Gasteiger partial charge is 0.303 e. The van der Waals surface area contributed by atoms with Crippen molar-refractivity contribution < 1.29 is 9.90 Å². The maximum Gasteiger partial charge on any atom is 0.303 e. The van der Waals surface area contributed by atoms with E-state index < -0.39 is 5.97 Å².